The number of benzene rings is 2. The van der Waals surface area contributed by atoms with Crippen LogP contribution in [0.1, 0.15) is 30.5 Å². The van der Waals surface area contributed by atoms with Gasteiger partial charge in [-0.3, -0.25) is 9.59 Å². The number of carbonyl (C=O) groups excluding carboxylic acids is 2. The fourth-order valence-electron chi connectivity index (χ4n) is 4.02. The van der Waals surface area contributed by atoms with Crippen molar-refractivity contribution >= 4 is 45.0 Å². The summed E-state index contributed by atoms with van der Waals surface area (Å²) in [5.74, 6) is -1.16. The largest absolute Gasteiger partial charge is 0.507 e. The zero-order valence-electron chi connectivity index (χ0n) is 18.4. The second-order valence-electron chi connectivity index (χ2n) is 7.78. The topological polar surface area (TPSA) is 84.7 Å². The molecule has 1 amide bonds. The zero-order chi connectivity index (χ0) is 24.2. The molecule has 4 rings (SSSR count). The SMILES string of the molecule is CCOc1ccc(/C(O)=C2/C(=O)C(=O)N(CCCn3ccnc3)C2c2ccc(Br)cc2)cc1Cl. The Morgan fingerprint density at radius 2 is 1.94 bits per heavy atom. The predicted octanol–water partition coefficient (Wildman–Crippen LogP) is 5.21. The standard InChI is InChI=1S/C25H23BrClN3O4/c1-2-34-20-9-6-17(14-19(20)27)23(31)21-22(16-4-7-18(26)8-5-16)30(25(33)24(21)32)12-3-11-29-13-10-28-15-29/h4-10,13-15,22,31H,2-3,11-12H2,1H3/b23-21-. The number of halogens is 2. The fourth-order valence-corrected chi connectivity index (χ4v) is 4.52. The Morgan fingerprint density at radius 3 is 2.59 bits per heavy atom. The normalized spacial score (nSPS) is 17.4. The highest BCUT2D eigenvalue weighted by Gasteiger charge is 2.45. The van der Waals surface area contributed by atoms with Crippen molar-refractivity contribution in [1.29, 1.82) is 0 Å². The Bertz CT molecular complexity index is 1230. The van der Waals surface area contributed by atoms with E-state index in [-0.39, 0.29) is 11.3 Å². The summed E-state index contributed by atoms with van der Waals surface area (Å²) < 4.78 is 8.24. The van der Waals surface area contributed by atoms with Crippen LogP contribution in [0.4, 0.5) is 0 Å². The van der Waals surface area contributed by atoms with Gasteiger partial charge in [-0.15, -0.1) is 0 Å². The smallest absolute Gasteiger partial charge is 0.295 e. The first-order valence-corrected chi connectivity index (χ1v) is 12.0. The van der Waals surface area contributed by atoms with Crippen molar-refractivity contribution in [3.05, 3.63) is 87.4 Å². The molecule has 2 heterocycles. The van der Waals surface area contributed by atoms with Gasteiger partial charge in [-0.2, -0.15) is 0 Å². The number of imidazole rings is 1. The molecule has 1 atom stereocenters. The maximum Gasteiger partial charge on any atom is 0.295 e. The van der Waals surface area contributed by atoms with Crippen molar-refractivity contribution in [3.8, 4) is 5.75 Å². The van der Waals surface area contributed by atoms with Gasteiger partial charge >= 0.3 is 0 Å². The zero-order valence-corrected chi connectivity index (χ0v) is 20.8. The first-order valence-electron chi connectivity index (χ1n) is 10.8. The van der Waals surface area contributed by atoms with Crippen LogP contribution in [0, 0.1) is 0 Å². The summed E-state index contributed by atoms with van der Waals surface area (Å²) >= 11 is 9.73. The number of likely N-dealkylation sites (tertiary alicyclic amines) is 1. The van der Waals surface area contributed by atoms with Gasteiger partial charge < -0.3 is 19.3 Å². The number of carbonyl (C=O) groups is 2. The third-order valence-corrected chi connectivity index (χ3v) is 6.43. The lowest BCUT2D eigenvalue weighted by Gasteiger charge is -2.25. The number of aryl methyl sites for hydroxylation is 1. The fraction of sp³-hybridized carbons (Fsp3) is 0.240. The Kier molecular flexibility index (Phi) is 7.38. The maximum atomic E-state index is 13.1. The van der Waals surface area contributed by atoms with Gasteiger partial charge in [0.1, 0.15) is 11.5 Å². The third kappa shape index (κ3) is 4.88. The van der Waals surface area contributed by atoms with Crippen molar-refractivity contribution < 1.29 is 19.4 Å². The number of ketones is 1. The molecule has 0 aliphatic carbocycles. The molecule has 0 saturated carbocycles. The van der Waals surface area contributed by atoms with Gasteiger partial charge in [0.2, 0.25) is 0 Å². The average Bonchev–Trinajstić information content (AvgIpc) is 3.43. The van der Waals surface area contributed by atoms with E-state index in [2.05, 4.69) is 20.9 Å². The van der Waals surface area contributed by atoms with E-state index in [1.165, 1.54) is 11.0 Å². The molecule has 0 spiro atoms. The molecule has 1 aromatic heterocycles. The summed E-state index contributed by atoms with van der Waals surface area (Å²) in [6.07, 6.45) is 5.85. The molecule has 7 nitrogen and oxygen atoms in total. The lowest BCUT2D eigenvalue weighted by atomic mass is 9.95. The van der Waals surface area contributed by atoms with E-state index in [1.807, 2.05) is 42.0 Å². The molecule has 3 aromatic rings. The van der Waals surface area contributed by atoms with Gasteiger partial charge in [-0.05, 0) is 49.2 Å². The first kappa shape index (κ1) is 24.0. The summed E-state index contributed by atoms with van der Waals surface area (Å²) in [4.78, 5) is 31.7. The Morgan fingerprint density at radius 1 is 1.18 bits per heavy atom. The van der Waals surface area contributed by atoms with Crippen LogP contribution in [0.2, 0.25) is 5.02 Å². The van der Waals surface area contributed by atoms with Crippen molar-refractivity contribution in [2.75, 3.05) is 13.2 Å². The van der Waals surface area contributed by atoms with Crippen LogP contribution < -0.4 is 4.74 Å². The molecule has 176 valence electrons. The number of aliphatic hydroxyl groups excluding tert-OH is 1. The van der Waals surface area contributed by atoms with E-state index in [4.69, 9.17) is 16.3 Å². The molecule has 1 N–H and O–H groups in total. The first-order chi connectivity index (χ1) is 16.4. The van der Waals surface area contributed by atoms with Crippen LogP contribution in [0.15, 0.2) is 71.2 Å². The van der Waals surface area contributed by atoms with Crippen LogP contribution in [0.5, 0.6) is 5.75 Å². The van der Waals surface area contributed by atoms with Gasteiger partial charge in [0.05, 0.1) is 29.6 Å². The molecule has 1 unspecified atom stereocenters. The van der Waals surface area contributed by atoms with Crippen molar-refractivity contribution in [2.24, 2.45) is 0 Å². The van der Waals surface area contributed by atoms with E-state index in [0.717, 1.165) is 10.0 Å². The number of ether oxygens (including phenoxy) is 1. The van der Waals surface area contributed by atoms with Gasteiger partial charge in [0.15, 0.2) is 0 Å². The molecular weight excluding hydrogens is 522 g/mol. The number of aliphatic hydroxyl groups is 1. The number of hydrogen-bond donors (Lipinski definition) is 1. The summed E-state index contributed by atoms with van der Waals surface area (Å²) in [5.41, 5.74) is 1.10. The van der Waals surface area contributed by atoms with E-state index in [1.54, 1.807) is 24.7 Å². The summed E-state index contributed by atoms with van der Waals surface area (Å²) in [7, 11) is 0. The summed E-state index contributed by atoms with van der Waals surface area (Å²) in [5, 5.41) is 11.5. The third-order valence-electron chi connectivity index (χ3n) is 5.61. The van der Waals surface area contributed by atoms with Crippen LogP contribution in [-0.4, -0.2) is 44.4 Å². The molecule has 34 heavy (non-hydrogen) atoms. The molecular formula is C25H23BrClN3O4. The van der Waals surface area contributed by atoms with Crippen LogP contribution in [-0.2, 0) is 16.1 Å². The van der Waals surface area contributed by atoms with E-state index in [0.29, 0.717) is 42.5 Å². The molecule has 2 aromatic carbocycles. The number of nitrogens with zero attached hydrogens (tertiary/aromatic N) is 3. The highest BCUT2D eigenvalue weighted by atomic mass is 79.9. The number of aromatic nitrogens is 2. The maximum absolute atomic E-state index is 13.1. The van der Waals surface area contributed by atoms with E-state index >= 15 is 0 Å². The monoisotopic (exact) mass is 543 g/mol. The highest BCUT2D eigenvalue weighted by Crippen LogP contribution is 2.40. The minimum atomic E-state index is -0.724. The molecule has 1 aliphatic heterocycles. The predicted molar refractivity (Wildman–Crippen MR) is 133 cm³/mol. The number of Topliss-reactive ketones (excluding diaryl/α,β-unsaturated/α-hetero) is 1. The van der Waals surface area contributed by atoms with Gasteiger partial charge in [-0.25, -0.2) is 4.98 Å². The molecule has 1 fully saturated rings. The molecule has 1 saturated heterocycles. The minimum absolute atomic E-state index is 0.0372. The van der Waals surface area contributed by atoms with Crippen LogP contribution >= 0.6 is 27.5 Å². The van der Waals surface area contributed by atoms with Gasteiger partial charge in [0, 0.05) is 35.5 Å². The van der Waals surface area contributed by atoms with E-state index in [9.17, 15) is 14.7 Å². The number of rotatable bonds is 8. The highest BCUT2D eigenvalue weighted by molar-refractivity contribution is 9.10. The van der Waals surface area contributed by atoms with Crippen molar-refractivity contribution in [1.82, 2.24) is 14.5 Å². The quantitative estimate of drug-likeness (QED) is 0.239. The van der Waals surface area contributed by atoms with Gasteiger partial charge in [0.25, 0.3) is 11.7 Å². The Hall–Kier alpha value is -3.10. The lowest BCUT2D eigenvalue weighted by molar-refractivity contribution is -0.139. The summed E-state index contributed by atoms with van der Waals surface area (Å²) in [6.45, 7) is 3.27. The Labute approximate surface area is 210 Å². The van der Waals surface area contributed by atoms with Crippen molar-refractivity contribution in [2.45, 2.75) is 25.9 Å². The number of hydrogen-bond acceptors (Lipinski definition) is 5. The van der Waals surface area contributed by atoms with Crippen LogP contribution in [0.3, 0.4) is 0 Å². The lowest BCUT2D eigenvalue weighted by Crippen LogP contribution is -2.31. The average molecular weight is 545 g/mol. The molecule has 9 heteroatoms. The summed E-state index contributed by atoms with van der Waals surface area (Å²) in [6, 6.07) is 11.4. The Balaban J connectivity index is 1.73. The second kappa shape index (κ2) is 10.4. The minimum Gasteiger partial charge on any atom is -0.507 e. The molecule has 0 bridgehead atoms. The second-order valence-corrected chi connectivity index (χ2v) is 9.10. The number of amides is 1. The van der Waals surface area contributed by atoms with Crippen molar-refractivity contribution in [3.63, 3.8) is 0 Å². The molecule has 1 aliphatic rings. The van der Waals surface area contributed by atoms with E-state index < -0.39 is 17.7 Å². The molecule has 0 radical (unpaired) electrons. The van der Waals surface area contributed by atoms with Gasteiger partial charge in [-0.1, -0.05) is 39.7 Å². The van der Waals surface area contributed by atoms with Crippen LogP contribution in [0.25, 0.3) is 5.76 Å².